The fraction of sp³-hybridized carbons (Fsp3) is 0.353. The van der Waals surface area contributed by atoms with Gasteiger partial charge in [-0.05, 0) is 12.5 Å². The van der Waals surface area contributed by atoms with Gasteiger partial charge in [0.05, 0.1) is 20.8 Å². The zero-order valence-electron chi connectivity index (χ0n) is 13.8. The van der Waals surface area contributed by atoms with Crippen molar-refractivity contribution < 1.29 is 28.6 Å². The van der Waals surface area contributed by atoms with Crippen molar-refractivity contribution >= 4 is 17.8 Å². The quantitative estimate of drug-likeness (QED) is 0.723. The van der Waals surface area contributed by atoms with Crippen LogP contribution in [0.4, 0.5) is 0 Å². The third-order valence-corrected chi connectivity index (χ3v) is 3.60. The van der Waals surface area contributed by atoms with E-state index in [0.717, 1.165) is 5.56 Å². The molecule has 0 bridgehead atoms. The van der Waals surface area contributed by atoms with Gasteiger partial charge in [-0.15, -0.1) is 0 Å². The molecule has 128 valence electrons. The number of rotatable bonds is 6. The molecule has 0 aliphatic carbocycles. The van der Waals surface area contributed by atoms with Crippen molar-refractivity contribution in [1.82, 2.24) is 4.90 Å². The summed E-state index contributed by atoms with van der Waals surface area (Å²) in [6.07, 6.45) is 0. The Kier molecular flexibility index (Phi) is 5.57. The van der Waals surface area contributed by atoms with Gasteiger partial charge < -0.3 is 19.1 Å². The van der Waals surface area contributed by atoms with E-state index in [1.54, 1.807) is 6.92 Å². The van der Waals surface area contributed by atoms with Crippen LogP contribution in [0.3, 0.4) is 0 Å². The van der Waals surface area contributed by atoms with Crippen LogP contribution in [0, 0.1) is 0 Å². The molecule has 1 amide bonds. The number of nitrogens with zero attached hydrogens (tertiary/aromatic N) is 1. The van der Waals surface area contributed by atoms with Gasteiger partial charge in [0, 0.05) is 6.54 Å². The molecule has 0 radical (unpaired) electrons. The molecule has 1 aliphatic rings. The number of ether oxygens (including phenoxy) is 3. The summed E-state index contributed by atoms with van der Waals surface area (Å²) in [7, 11) is 2.37. The van der Waals surface area contributed by atoms with Crippen molar-refractivity contribution in [1.29, 1.82) is 0 Å². The second kappa shape index (κ2) is 7.63. The third-order valence-electron chi connectivity index (χ3n) is 3.60. The Morgan fingerprint density at radius 3 is 2.33 bits per heavy atom. The maximum Gasteiger partial charge on any atom is 0.340 e. The minimum atomic E-state index is -1.20. The Bertz CT molecular complexity index is 667. The number of esters is 2. The summed E-state index contributed by atoms with van der Waals surface area (Å²) >= 11 is 0. The van der Waals surface area contributed by atoms with Gasteiger partial charge in [0.25, 0.3) is 5.91 Å². The van der Waals surface area contributed by atoms with Gasteiger partial charge in [0.15, 0.2) is 11.8 Å². The van der Waals surface area contributed by atoms with E-state index in [-0.39, 0.29) is 24.5 Å². The lowest BCUT2D eigenvalue weighted by Gasteiger charge is -2.24. The zero-order valence-corrected chi connectivity index (χ0v) is 13.8. The molecular weight excluding hydrogens is 314 g/mol. The molecule has 0 spiro atoms. The molecule has 1 unspecified atom stereocenters. The lowest BCUT2D eigenvalue weighted by Crippen LogP contribution is -2.42. The zero-order chi connectivity index (χ0) is 17.7. The number of benzene rings is 1. The van der Waals surface area contributed by atoms with Gasteiger partial charge in [-0.3, -0.25) is 4.79 Å². The maximum atomic E-state index is 12.7. The first-order valence-electron chi connectivity index (χ1n) is 7.43. The van der Waals surface area contributed by atoms with E-state index in [1.807, 2.05) is 30.3 Å². The summed E-state index contributed by atoms with van der Waals surface area (Å²) in [5.74, 6) is -2.24. The number of hydrogen-bond donors (Lipinski definition) is 0. The van der Waals surface area contributed by atoms with E-state index in [9.17, 15) is 14.4 Å². The SMILES string of the molecule is CCOC1=C(C(=O)OC)C(C(=O)OC)N(Cc2ccccc2)C1=O. The van der Waals surface area contributed by atoms with Gasteiger partial charge in [0.2, 0.25) is 0 Å². The Morgan fingerprint density at radius 2 is 1.79 bits per heavy atom. The molecule has 1 atom stereocenters. The number of methoxy groups -OCH3 is 2. The molecule has 0 saturated heterocycles. The van der Waals surface area contributed by atoms with Gasteiger partial charge in [0.1, 0.15) is 5.57 Å². The predicted molar refractivity (Wildman–Crippen MR) is 83.5 cm³/mol. The van der Waals surface area contributed by atoms with Crippen molar-refractivity contribution in [3.05, 3.63) is 47.2 Å². The molecule has 24 heavy (non-hydrogen) atoms. The molecule has 7 nitrogen and oxygen atoms in total. The first-order chi connectivity index (χ1) is 11.5. The summed E-state index contributed by atoms with van der Waals surface area (Å²) in [4.78, 5) is 38.3. The van der Waals surface area contributed by atoms with E-state index >= 15 is 0 Å². The second-order valence-corrected chi connectivity index (χ2v) is 5.01. The minimum absolute atomic E-state index is 0.132. The van der Waals surface area contributed by atoms with Gasteiger partial charge in [-0.25, -0.2) is 9.59 Å². The molecule has 1 aliphatic heterocycles. The van der Waals surface area contributed by atoms with Crippen LogP contribution in [0.15, 0.2) is 41.7 Å². The molecule has 0 aromatic heterocycles. The fourth-order valence-electron chi connectivity index (χ4n) is 2.54. The van der Waals surface area contributed by atoms with Crippen LogP contribution in [0.25, 0.3) is 0 Å². The monoisotopic (exact) mass is 333 g/mol. The van der Waals surface area contributed by atoms with Crippen LogP contribution in [-0.4, -0.2) is 49.6 Å². The predicted octanol–water partition coefficient (Wildman–Crippen LogP) is 1.03. The van der Waals surface area contributed by atoms with Crippen molar-refractivity contribution in [3.63, 3.8) is 0 Å². The van der Waals surface area contributed by atoms with Gasteiger partial charge >= 0.3 is 11.9 Å². The highest BCUT2D eigenvalue weighted by atomic mass is 16.5. The summed E-state index contributed by atoms with van der Waals surface area (Å²) in [5.41, 5.74) is 0.675. The van der Waals surface area contributed by atoms with Crippen LogP contribution < -0.4 is 0 Å². The lowest BCUT2D eigenvalue weighted by atomic mass is 10.1. The molecule has 0 N–H and O–H groups in total. The fourth-order valence-corrected chi connectivity index (χ4v) is 2.54. The summed E-state index contributed by atoms with van der Waals surface area (Å²) in [6.45, 7) is 1.99. The normalized spacial score (nSPS) is 17.0. The first-order valence-corrected chi connectivity index (χ1v) is 7.43. The number of carbonyl (C=O) groups excluding carboxylic acids is 3. The topological polar surface area (TPSA) is 82.1 Å². The Labute approximate surface area is 139 Å². The largest absolute Gasteiger partial charge is 0.488 e. The average Bonchev–Trinajstić information content (AvgIpc) is 2.87. The summed E-state index contributed by atoms with van der Waals surface area (Å²) in [6, 6.07) is 7.92. The standard InChI is InChI=1S/C17H19NO6/c1-4-24-14-12(16(20)22-2)13(17(21)23-3)18(15(14)19)10-11-8-6-5-7-9-11/h5-9,13H,4,10H2,1-3H3. The van der Waals surface area contributed by atoms with E-state index in [0.29, 0.717) is 0 Å². The highest BCUT2D eigenvalue weighted by Crippen LogP contribution is 2.30. The molecule has 1 heterocycles. The Morgan fingerprint density at radius 1 is 1.12 bits per heavy atom. The Balaban J connectivity index is 2.46. The highest BCUT2D eigenvalue weighted by molar-refractivity contribution is 6.11. The molecule has 2 rings (SSSR count). The van der Waals surface area contributed by atoms with Crippen molar-refractivity contribution in [2.75, 3.05) is 20.8 Å². The summed E-state index contributed by atoms with van der Waals surface area (Å²) in [5, 5.41) is 0. The molecule has 1 aromatic rings. The molecular formula is C17H19NO6. The lowest BCUT2D eigenvalue weighted by molar-refractivity contribution is -0.151. The third kappa shape index (κ3) is 3.24. The minimum Gasteiger partial charge on any atom is -0.488 e. The van der Waals surface area contributed by atoms with E-state index in [2.05, 4.69) is 0 Å². The molecule has 7 heteroatoms. The van der Waals surface area contributed by atoms with E-state index in [4.69, 9.17) is 14.2 Å². The number of carbonyl (C=O) groups is 3. The smallest absolute Gasteiger partial charge is 0.340 e. The summed E-state index contributed by atoms with van der Waals surface area (Å²) < 4.78 is 14.8. The molecule has 0 saturated carbocycles. The average molecular weight is 333 g/mol. The van der Waals surface area contributed by atoms with Gasteiger partial charge in [-0.2, -0.15) is 0 Å². The van der Waals surface area contributed by atoms with Crippen LogP contribution >= 0.6 is 0 Å². The second-order valence-electron chi connectivity index (χ2n) is 5.01. The molecule has 0 fully saturated rings. The van der Waals surface area contributed by atoms with E-state index in [1.165, 1.54) is 19.1 Å². The number of amides is 1. The van der Waals surface area contributed by atoms with Crippen molar-refractivity contribution in [2.24, 2.45) is 0 Å². The van der Waals surface area contributed by atoms with Crippen LogP contribution in [0.2, 0.25) is 0 Å². The maximum absolute atomic E-state index is 12.7. The Hall–Kier alpha value is -2.83. The highest BCUT2D eigenvalue weighted by Gasteiger charge is 2.48. The van der Waals surface area contributed by atoms with Crippen LogP contribution in [0.5, 0.6) is 0 Å². The van der Waals surface area contributed by atoms with Crippen LogP contribution in [0.1, 0.15) is 12.5 Å². The number of hydrogen-bond acceptors (Lipinski definition) is 6. The van der Waals surface area contributed by atoms with Crippen molar-refractivity contribution in [2.45, 2.75) is 19.5 Å². The van der Waals surface area contributed by atoms with Gasteiger partial charge in [-0.1, -0.05) is 30.3 Å². The van der Waals surface area contributed by atoms with E-state index < -0.39 is 23.9 Å². The first kappa shape index (κ1) is 17.5. The van der Waals surface area contributed by atoms with Crippen LogP contribution in [-0.2, 0) is 35.1 Å². The van der Waals surface area contributed by atoms with Crippen molar-refractivity contribution in [3.8, 4) is 0 Å². The molecule has 1 aromatic carbocycles.